The molecule has 1 aromatic carbocycles. The van der Waals surface area contributed by atoms with E-state index in [9.17, 15) is 0 Å². The predicted octanol–water partition coefficient (Wildman–Crippen LogP) is 4.70. The minimum Gasteiger partial charge on any atom is -0.437 e. The van der Waals surface area contributed by atoms with Crippen molar-refractivity contribution in [3.05, 3.63) is 39.1 Å². The molecule has 0 unspecified atom stereocenters. The predicted molar refractivity (Wildman–Crippen MR) is 84.5 cm³/mol. The fourth-order valence-corrected chi connectivity index (χ4v) is 2.04. The van der Waals surface area contributed by atoms with E-state index in [-0.39, 0.29) is 5.92 Å². The van der Waals surface area contributed by atoms with Crippen LogP contribution in [0.1, 0.15) is 31.2 Å². The van der Waals surface area contributed by atoms with Gasteiger partial charge < -0.3 is 10.5 Å². The van der Waals surface area contributed by atoms with Crippen LogP contribution in [0.3, 0.4) is 0 Å². The fraction of sp³-hybridized carbons (Fsp3) is 0.286. The zero-order valence-electron chi connectivity index (χ0n) is 11.4. The molecule has 1 aromatic heterocycles. The summed E-state index contributed by atoms with van der Waals surface area (Å²) >= 11 is 9.50. The number of hydrogen-bond acceptors (Lipinski definition) is 4. The lowest BCUT2D eigenvalue weighted by Crippen LogP contribution is -2.06. The number of ether oxygens (including phenoxy) is 1. The highest BCUT2D eigenvalue weighted by molar-refractivity contribution is 9.10. The van der Waals surface area contributed by atoms with Crippen LogP contribution in [-0.4, -0.2) is 9.97 Å². The molecule has 0 aliphatic heterocycles. The van der Waals surface area contributed by atoms with Crippen LogP contribution in [0.25, 0.3) is 0 Å². The zero-order chi connectivity index (χ0) is 14.9. The second-order valence-electron chi connectivity index (χ2n) is 4.73. The minimum atomic E-state index is 0.165. The normalized spacial score (nSPS) is 10.9. The third kappa shape index (κ3) is 3.22. The van der Waals surface area contributed by atoms with Crippen molar-refractivity contribution in [1.29, 1.82) is 0 Å². The van der Waals surface area contributed by atoms with Gasteiger partial charge in [0, 0.05) is 10.4 Å². The molecule has 0 aliphatic carbocycles. The second-order valence-corrected chi connectivity index (χ2v) is 6.05. The topological polar surface area (TPSA) is 61.0 Å². The van der Waals surface area contributed by atoms with Crippen LogP contribution in [-0.2, 0) is 0 Å². The molecule has 0 saturated heterocycles. The highest BCUT2D eigenvalue weighted by atomic mass is 79.9. The van der Waals surface area contributed by atoms with E-state index in [4.69, 9.17) is 22.1 Å². The third-order valence-electron chi connectivity index (χ3n) is 2.77. The lowest BCUT2D eigenvalue weighted by molar-refractivity contribution is 0.453. The van der Waals surface area contributed by atoms with E-state index in [0.717, 1.165) is 4.47 Å². The molecule has 2 rings (SSSR count). The molecular formula is C14H15BrClN3O. The Morgan fingerprint density at radius 1 is 1.30 bits per heavy atom. The van der Waals surface area contributed by atoms with Crippen molar-refractivity contribution in [2.45, 2.75) is 26.7 Å². The molecule has 0 spiro atoms. The van der Waals surface area contributed by atoms with Crippen molar-refractivity contribution in [2.24, 2.45) is 0 Å². The first-order chi connectivity index (χ1) is 9.38. The second kappa shape index (κ2) is 5.97. The Hall–Kier alpha value is -1.33. The molecule has 2 aromatic rings. The third-order valence-corrected chi connectivity index (χ3v) is 3.58. The minimum absolute atomic E-state index is 0.165. The summed E-state index contributed by atoms with van der Waals surface area (Å²) in [5, 5.41) is 0.510. The van der Waals surface area contributed by atoms with Gasteiger partial charge in [-0.3, -0.25) is 0 Å². The Balaban J connectivity index is 2.45. The summed E-state index contributed by atoms with van der Waals surface area (Å²) in [7, 11) is 0. The van der Waals surface area contributed by atoms with Crippen molar-refractivity contribution in [3.8, 4) is 11.6 Å². The number of hydrogen-bond donors (Lipinski definition) is 1. The highest BCUT2D eigenvalue weighted by Crippen LogP contribution is 2.33. The average molecular weight is 357 g/mol. The molecule has 0 fully saturated rings. The van der Waals surface area contributed by atoms with Gasteiger partial charge in [0.2, 0.25) is 5.88 Å². The first-order valence-corrected chi connectivity index (χ1v) is 7.32. The zero-order valence-corrected chi connectivity index (χ0v) is 13.8. The number of halogens is 2. The van der Waals surface area contributed by atoms with Crippen molar-refractivity contribution < 1.29 is 4.74 Å². The van der Waals surface area contributed by atoms with Gasteiger partial charge in [0.05, 0.1) is 10.6 Å². The van der Waals surface area contributed by atoms with Crippen LogP contribution >= 0.6 is 27.5 Å². The van der Waals surface area contributed by atoms with Gasteiger partial charge in [-0.25, -0.2) is 4.98 Å². The largest absolute Gasteiger partial charge is 0.437 e. The molecule has 1 heterocycles. The number of benzene rings is 1. The Labute approximate surface area is 131 Å². The SMILES string of the molecule is Cc1c(N)nc(C(C)C)nc1Oc1cc(Br)ccc1Cl. The molecule has 20 heavy (non-hydrogen) atoms. The Morgan fingerprint density at radius 2 is 2.00 bits per heavy atom. The summed E-state index contributed by atoms with van der Waals surface area (Å²) in [6.45, 7) is 5.82. The van der Waals surface area contributed by atoms with Gasteiger partial charge >= 0.3 is 0 Å². The van der Waals surface area contributed by atoms with Gasteiger partial charge in [-0.2, -0.15) is 4.98 Å². The Kier molecular flexibility index (Phi) is 4.50. The van der Waals surface area contributed by atoms with E-state index >= 15 is 0 Å². The molecule has 0 radical (unpaired) electrons. The monoisotopic (exact) mass is 355 g/mol. The maximum Gasteiger partial charge on any atom is 0.227 e. The van der Waals surface area contributed by atoms with Crippen LogP contribution in [0.5, 0.6) is 11.6 Å². The summed E-state index contributed by atoms with van der Waals surface area (Å²) in [6, 6.07) is 5.38. The van der Waals surface area contributed by atoms with E-state index in [1.54, 1.807) is 12.1 Å². The van der Waals surface area contributed by atoms with Crippen LogP contribution in [0.15, 0.2) is 22.7 Å². The van der Waals surface area contributed by atoms with Crippen LogP contribution in [0, 0.1) is 6.92 Å². The van der Waals surface area contributed by atoms with Crippen LogP contribution < -0.4 is 10.5 Å². The maximum absolute atomic E-state index is 6.12. The highest BCUT2D eigenvalue weighted by Gasteiger charge is 2.14. The summed E-state index contributed by atoms with van der Waals surface area (Å²) in [5.74, 6) is 2.19. The first-order valence-electron chi connectivity index (χ1n) is 6.15. The molecule has 0 aliphatic rings. The standard InChI is InChI=1S/C14H15BrClN3O/c1-7(2)13-18-12(17)8(3)14(19-13)20-11-6-9(15)4-5-10(11)16/h4-7H,1-3H3,(H2,17,18,19). The molecule has 0 saturated carbocycles. The molecular weight excluding hydrogens is 342 g/mol. The van der Waals surface area contributed by atoms with Gasteiger partial charge in [0.1, 0.15) is 17.4 Å². The number of nitrogens with two attached hydrogens (primary N) is 1. The van der Waals surface area contributed by atoms with Crippen molar-refractivity contribution in [3.63, 3.8) is 0 Å². The molecule has 0 amide bonds. The molecule has 106 valence electrons. The van der Waals surface area contributed by atoms with Gasteiger partial charge in [0.25, 0.3) is 0 Å². The van der Waals surface area contributed by atoms with Gasteiger partial charge in [0.15, 0.2) is 0 Å². The molecule has 0 bridgehead atoms. The van der Waals surface area contributed by atoms with Crippen LogP contribution in [0.4, 0.5) is 5.82 Å². The fourth-order valence-electron chi connectivity index (χ4n) is 1.55. The number of nitrogens with zero attached hydrogens (tertiary/aromatic N) is 2. The van der Waals surface area contributed by atoms with Crippen LogP contribution in [0.2, 0.25) is 5.02 Å². The lowest BCUT2D eigenvalue weighted by atomic mass is 10.2. The molecule has 2 N–H and O–H groups in total. The smallest absolute Gasteiger partial charge is 0.227 e. The lowest BCUT2D eigenvalue weighted by Gasteiger charge is -2.13. The number of aromatic nitrogens is 2. The first kappa shape index (κ1) is 15.1. The number of nitrogen functional groups attached to an aromatic ring is 1. The molecule has 6 heteroatoms. The van der Waals surface area contributed by atoms with Crippen molar-refractivity contribution in [2.75, 3.05) is 5.73 Å². The van der Waals surface area contributed by atoms with E-state index in [1.165, 1.54) is 0 Å². The van der Waals surface area contributed by atoms with E-state index in [1.807, 2.05) is 26.8 Å². The van der Waals surface area contributed by atoms with E-state index in [2.05, 4.69) is 25.9 Å². The van der Waals surface area contributed by atoms with Gasteiger partial charge in [-0.15, -0.1) is 0 Å². The van der Waals surface area contributed by atoms with E-state index < -0.39 is 0 Å². The summed E-state index contributed by atoms with van der Waals surface area (Å²) in [6.07, 6.45) is 0. The van der Waals surface area contributed by atoms with E-state index in [0.29, 0.717) is 33.9 Å². The van der Waals surface area contributed by atoms with Crippen molar-refractivity contribution >= 4 is 33.3 Å². The van der Waals surface area contributed by atoms with Gasteiger partial charge in [-0.1, -0.05) is 41.4 Å². The maximum atomic E-state index is 6.12. The summed E-state index contributed by atoms with van der Waals surface area (Å²) in [4.78, 5) is 8.67. The Morgan fingerprint density at radius 3 is 2.65 bits per heavy atom. The summed E-state index contributed by atoms with van der Waals surface area (Å²) < 4.78 is 6.67. The van der Waals surface area contributed by atoms with Gasteiger partial charge in [-0.05, 0) is 25.1 Å². The summed E-state index contributed by atoms with van der Waals surface area (Å²) in [5.41, 5.74) is 6.61. The average Bonchev–Trinajstić information content (AvgIpc) is 2.38. The number of anilines is 1. The Bertz CT molecular complexity index is 647. The molecule has 4 nitrogen and oxygen atoms in total. The number of rotatable bonds is 3. The quantitative estimate of drug-likeness (QED) is 0.866. The molecule has 0 atom stereocenters. The van der Waals surface area contributed by atoms with Crippen molar-refractivity contribution in [1.82, 2.24) is 9.97 Å².